The van der Waals surface area contributed by atoms with E-state index in [0.717, 1.165) is 11.3 Å². The quantitative estimate of drug-likeness (QED) is 0.154. The molecule has 8 nitrogen and oxygen atoms in total. The van der Waals surface area contributed by atoms with Gasteiger partial charge in [-0.25, -0.2) is 5.48 Å². The van der Waals surface area contributed by atoms with Crippen LogP contribution in [0.2, 0.25) is 0 Å². The molecule has 0 saturated heterocycles. The number of carbonyl (C=O) groups excluding carboxylic acids is 1. The molecule has 1 aliphatic rings. The molecule has 0 aromatic heterocycles. The fraction of sp³-hybridized carbons (Fsp3) is 0.522. The Balaban J connectivity index is 1.92. The lowest BCUT2D eigenvalue weighted by Gasteiger charge is -2.27. The van der Waals surface area contributed by atoms with E-state index in [1.54, 1.807) is 5.48 Å². The highest BCUT2D eigenvalue weighted by Crippen LogP contribution is 2.20. The summed E-state index contributed by atoms with van der Waals surface area (Å²) in [7, 11) is 0. The lowest BCUT2D eigenvalue weighted by atomic mass is 9.96. The Morgan fingerprint density at radius 3 is 2.61 bits per heavy atom. The summed E-state index contributed by atoms with van der Waals surface area (Å²) in [5.74, 6) is -0.0665. The number of rotatable bonds is 14. The molecule has 1 aliphatic carbocycles. The molecule has 0 bridgehead atoms. The highest BCUT2D eigenvalue weighted by Gasteiger charge is 2.24. The van der Waals surface area contributed by atoms with Gasteiger partial charge in [-0.15, -0.1) is 0 Å². The van der Waals surface area contributed by atoms with E-state index in [9.17, 15) is 9.90 Å². The lowest BCUT2D eigenvalue weighted by Crippen LogP contribution is -2.45. The molecule has 1 amide bonds. The van der Waals surface area contributed by atoms with E-state index in [4.69, 9.17) is 19.4 Å². The van der Waals surface area contributed by atoms with Crippen LogP contribution in [0.15, 0.2) is 54.1 Å². The first kappa shape index (κ1) is 25.0. The van der Waals surface area contributed by atoms with Crippen LogP contribution in [-0.2, 0) is 14.3 Å². The smallest absolute Gasteiger partial charge is 0.246 e. The van der Waals surface area contributed by atoms with Crippen molar-refractivity contribution in [2.24, 2.45) is 5.92 Å². The van der Waals surface area contributed by atoms with Crippen LogP contribution in [0.1, 0.15) is 33.1 Å². The predicted octanol–water partition coefficient (Wildman–Crippen LogP) is 2.53. The highest BCUT2D eigenvalue weighted by atomic mass is 16.7. The molecule has 4 atom stereocenters. The molecular formula is C23H34N2O6. The first-order chi connectivity index (χ1) is 15.1. The van der Waals surface area contributed by atoms with E-state index < -0.39 is 18.1 Å². The van der Waals surface area contributed by atoms with Gasteiger partial charge in [0.1, 0.15) is 24.9 Å². The fourth-order valence-corrected chi connectivity index (χ4v) is 3.31. The monoisotopic (exact) mass is 434 g/mol. The molecule has 0 heterocycles. The molecule has 2 rings (SSSR count). The van der Waals surface area contributed by atoms with Crippen LogP contribution in [-0.4, -0.2) is 54.6 Å². The Labute approximate surface area is 183 Å². The summed E-state index contributed by atoms with van der Waals surface area (Å²) in [6.45, 7) is 4.67. The summed E-state index contributed by atoms with van der Waals surface area (Å²) in [4.78, 5) is 11.9. The van der Waals surface area contributed by atoms with E-state index >= 15 is 0 Å². The summed E-state index contributed by atoms with van der Waals surface area (Å²) in [6.07, 6.45) is 6.24. The molecule has 2 unspecified atom stereocenters. The SMILES string of the molecule is CCOCOC[C@H](C[C@H](CC)C(=O)NO)NC(O)C1=CCC(Oc2ccccc2)C=C1. The number of amides is 1. The molecule has 172 valence electrons. The minimum absolute atomic E-state index is 0.0959. The zero-order chi connectivity index (χ0) is 22.5. The molecule has 0 spiro atoms. The number of nitrogens with one attached hydrogen (secondary N) is 2. The number of benzene rings is 1. The molecule has 0 radical (unpaired) electrons. The van der Waals surface area contributed by atoms with Gasteiger partial charge in [0.25, 0.3) is 0 Å². The van der Waals surface area contributed by atoms with Crippen LogP contribution in [0.4, 0.5) is 0 Å². The Hall–Kier alpha value is -2.23. The third-order valence-electron chi connectivity index (χ3n) is 5.06. The molecule has 8 heteroatoms. The van der Waals surface area contributed by atoms with Crippen molar-refractivity contribution >= 4 is 5.91 Å². The average molecular weight is 435 g/mol. The van der Waals surface area contributed by atoms with E-state index in [2.05, 4.69) is 5.32 Å². The summed E-state index contributed by atoms with van der Waals surface area (Å²) >= 11 is 0. The molecule has 31 heavy (non-hydrogen) atoms. The normalized spacial score (nSPS) is 18.7. The number of aliphatic hydroxyl groups excluding tert-OH is 1. The zero-order valence-corrected chi connectivity index (χ0v) is 18.2. The maximum atomic E-state index is 11.9. The maximum absolute atomic E-state index is 11.9. The minimum atomic E-state index is -0.927. The van der Waals surface area contributed by atoms with Crippen LogP contribution in [0.25, 0.3) is 0 Å². The zero-order valence-electron chi connectivity index (χ0n) is 18.2. The second-order valence-electron chi connectivity index (χ2n) is 7.33. The Morgan fingerprint density at radius 2 is 2.00 bits per heavy atom. The Kier molecular flexibility index (Phi) is 11.3. The second kappa shape index (κ2) is 14.0. The predicted molar refractivity (Wildman–Crippen MR) is 116 cm³/mol. The largest absolute Gasteiger partial charge is 0.486 e. The highest BCUT2D eigenvalue weighted by molar-refractivity contribution is 5.77. The molecule has 0 fully saturated rings. The van der Waals surface area contributed by atoms with Crippen molar-refractivity contribution in [1.29, 1.82) is 0 Å². The van der Waals surface area contributed by atoms with Crippen molar-refractivity contribution in [2.45, 2.75) is 51.5 Å². The van der Waals surface area contributed by atoms with Gasteiger partial charge in [-0.2, -0.15) is 0 Å². The van der Waals surface area contributed by atoms with Crippen molar-refractivity contribution in [2.75, 3.05) is 20.0 Å². The van der Waals surface area contributed by atoms with Gasteiger partial charge in [0.2, 0.25) is 5.91 Å². The summed E-state index contributed by atoms with van der Waals surface area (Å²) in [6, 6.07) is 9.28. The Bertz CT molecular complexity index is 709. The standard InChI is InChI=1S/C23H34N2O6/c1-3-17(23(27)25-28)14-19(15-30-16-29-4-2)24-22(26)18-10-12-21(13-11-18)31-20-8-6-5-7-9-20/h5-12,17,19,21-22,24,26,28H,3-4,13-16H2,1-2H3,(H,25,27)/t17-,19-,21?,22?/m0/s1. The third-order valence-corrected chi connectivity index (χ3v) is 5.06. The van der Waals surface area contributed by atoms with Crippen molar-refractivity contribution in [3.05, 3.63) is 54.1 Å². The number of aliphatic hydroxyl groups is 1. The first-order valence-electron chi connectivity index (χ1n) is 10.7. The average Bonchev–Trinajstić information content (AvgIpc) is 2.80. The van der Waals surface area contributed by atoms with Gasteiger partial charge in [-0.3, -0.25) is 15.3 Å². The summed E-state index contributed by atoms with van der Waals surface area (Å²) in [5.41, 5.74) is 2.43. The van der Waals surface area contributed by atoms with Crippen molar-refractivity contribution < 1.29 is 29.3 Å². The first-order valence-corrected chi connectivity index (χ1v) is 10.7. The number of para-hydroxylation sites is 1. The van der Waals surface area contributed by atoms with E-state index in [1.807, 2.05) is 62.4 Å². The summed E-state index contributed by atoms with van der Waals surface area (Å²) < 4.78 is 16.6. The van der Waals surface area contributed by atoms with Gasteiger partial charge in [0.05, 0.1) is 6.61 Å². The van der Waals surface area contributed by atoms with Crippen molar-refractivity contribution in [1.82, 2.24) is 10.8 Å². The summed E-state index contributed by atoms with van der Waals surface area (Å²) in [5, 5.41) is 22.8. The van der Waals surface area contributed by atoms with Gasteiger partial charge < -0.3 is 19.3 Å². The molecule has 1 aromatic rings. The minimum Gasteiger partial charge on any atom is -0.486 e. The van der Waals surface area contributed by atoms with Crippen LogP contribution in [0.3, 0.4) is 0 Å². The molecule has 0 saturated carbocycles. The van der Waals surface area contributed by atoms with Crippen molar-refractivity contribution in [3.63, 3.8) is 0 Å². The van der Waals surface area contributed by atoms with E-state index in [-0.39, 0.29) is 25.5 Å². The van der Waals surface area contributed by atoms with Crippen LogP contribution >= 0.6 is 0 Å². The fourth-order valence-electron chi connectivity index (χ4n) is 3.31. The second-order valence-corrected chi connectivity index (χ2v) is 7.33. The number of carbonyl (C=O) groups is 1. The molecule has 1 aromatic carbocycles. The van der Waals surface area contributed by atoms with Gasteiger partial charge in [-0.1, -0.05) is 37.3 Å². The van der Waals surface area contributed by atoms with Gasteiger partial charge in [-0.05, 0) is 43.5 Å². The number of hydrogen-bond acceptors (Lipinski definition) is 7. The molecule has 0 aliphatic heterocycles. The van der Waals surface area contributed by atoms with E-state index in [0.29, 0.717) is 25.9 Å². The lowest BCUT2D eigenvalue weighted by molar-refractivity contribution is -0.134. The Morgan fingerprint density at radius 1 is 1.23 bits per heavy atom. The molecule has 4 N–H and O–H groups in total. The van der Waals surface area contributed by atoms with Gasteiger partial charge in [0, 0.05) is 25.0 Å². The third kappa shape index (κ3) is 8.80. The van der Waals surface area contributed by atoms with Gasteiger partial charge >= 0.3 is 0 Å². The number of hydroxylamine groups is 1. The van der Waals surface area contributed by atoms with Crippen LogP contribution in [0, 0.1) is 5.92 Å². The maximum Gasteiger partial charge on any atom is 0.246 e. The van der Waals surface area contributed by atoms with Crippen LogP contribution < -0.4 is 15.5 Å². The van der Waals surface area contributed by atoms with Crippen molar-refractivity contribution in [3.8, 4) is 5.75 Å². The van der Waals surface area contributed by atoms with Gasteiger partial charge in [0.15, 0.2) is 0 Å². The number of hydrogen-bond donors (Lipinski definition) is 4. The van der Waals surface area contributed by atoms with E-state index in [1.165, 1.54) is 0 Å². The molecular weight excluding hydrogens is 400 g/mol. The number of ether oxygens (including phenoxy) is 3. The topological polar surface area (TPSA) is 109 Å². The van der Waals surface area contributed by atoms with Crippen LogP contribution in [0.5, 0.6) is 5.75 Å².